The Morgan fingerprint density at radius 1 is 1.39 bits per heavy atom. The molecule has 1 N–H and O–H groups in total. The molecule has 0 saturated carbocycles. The Bertz CT molecular complexity index is 439. The first-order chi connectivity index (χ1) is 8.59. The van der Waals surface area contributed by atoms with Gasteiger partial charge in [0.15, 0.2) is 0 Å². The predicted molar refractivity (Wildman–Crippen MR) is 68.8 cm³/mol. The van der Waals surface area contributed by atoms with Gasteiger partial charge in [-0.2, -0.15) is 0 Å². The fourth-order valence-corrected chi connectivity index (χ4v) is 2.25. The minimum Gasteiger partial charge on any atom is -0.507 e. The van der Waals surface area contributed by atoms with Crippen LogP contribution in [0.25, 0.3) is 0 Å². The van der Waals surface area contributed by atoms with Crippen LogP contribution in [-0.4, -0.2) is 42.2 Å². The van der Waals surface area contributed by atoms with Crippen molar-refractivity contribution in [3.63, 3.8) is 0 Å². The second-order valence-electron chi connectivity index (χ2n) is 4.78. The second kappa shape index (κ2) is 5.40. The molecule has 0 aliphatic carbocycles. The van der Waals surface area contributed by atoms with E-state index in [2.05, 4.69) is 0 Å². The maximum atomic E-state index is 12.3. The number of rotatable bonds is 2. The molecule has 1 amide bonds. The highest BCUT2D eigenvalue weighted by Gasteiger charge is 2.24. The number of carbonyl (C=O) groups excluding carboxylic acids is 1. The molecule has 1 aliphatic heterocycles. The largest absolute Gasteiger partial charge is 0.507 e. The minimum atomic E-state index is -0.122. The molecule has 4 heteroatoms. The van der Waals surface area contributed by atoms with E-state index in [9.17, 15) is 9.90 Å². The summed E-state index contributed by atoms with van der Waals surface area (Å²) in [7, 11) is 1.79. The van der Waals surface area contributed by atoms with Crippen LogP contribution in [0.4, 0.5) is 0 Å². The Labute approximate surface area is 107 Å². The summed E-state index contributed by atoms with van der Waals surface area (Å²) >= 11 is 0. The summed E-state index contributed by atoms with van der Waals surface area (Å²) in [6.45, 7) is 3.30. The van der Waals surface area contributed by atoms with Crippen LogP contribution in [0.3, 0.4) is 0 Å². The quantitative estimate of drug-likeness (QED) is 0.871. The van der Waals surface area contributed by atoms with Crippen molar-refractivity contribution >= 4 is 5.91 Å². The van der Waals surface area contributed by atoms with Crippen LogP contribution >= 0.6 is 0 Å². The fraction of sp³-hybridized carbons (Fsp3) is 0.500. The van der Waals surface area contributed by atoms with Gasteiger partial charge in [0, 0.05) is 26.3 Å². The molecule has 0 unspecified atom stereocenters. The van der Waals surface area contributed by atoms with Gasteiger partial charge in [-0.05, 0) is 31.9 Å². The normalized spacial score (nSPS) is 16.6. The van der Waals surface area contributed by atoms with Gasteiger partial charge in [0.25, 0.3) is 5.91 Å². The molecular weight excluding hydrogens is 230 g/mol. The Balaban J connectivity index is 2.16. The molecule has 0 bridgehead atoms. The van der Waals surface area contributed by atoms with Crippen molar-refractivity contribution in [3.8, 4) is 5.75 Å². The summed E-state index contributed by atoms with van der Waals surface area (Å²) in [4.78, 5) is 14.1. The number of nitrogens with zero attached hydrogens (tertiary/aromatic N) is 1. The highest BCUT2D eigenvalue weighted by molar-refractivity contribution is 5.97. The van der Waals surface area contributed by atoms with E-state index < -0.39 is 0 Å². The van der Waals surface area contributed by atoms with Crippen molar-refractivity contribution in [2.24, 2.45) is 0 Å². The second-order valence-corrected chi connectivity index (χ2v) is 4.78. The van der Waals surface area contributed by atoms with Crippen LogP contribution in [0, 0.1) is 6.92 Å². The molecule has 1 aromatic carbocycles. The monoisotopic (exact) mass is 249 g/mol. The number of phenols is 1. The van der Waals surface area contributed by atoms with Crippen molar-refractivity contribution in [2.45, 2.75) is 25.8 Å². The van der Waals surface area contributed by atoms with E-state index in [0.29, 0.717) is 18.8 Å². The lowest BCUT2D eigenvalue weighted by atomic mass is 10.0. The highest BCUT2D eigenvalue weighted by Crippen LogP contribution is 2.22. The van der Waals surface area contributed by atoms with Crippen molar-refractivity contribution in [3.05, 3.63) is 29.3 Å². The zero-order chi connectivity index (χ0) is 13.1. The lowest BCUT2D eigenvalue weighted by molar-refractivity contribution is 0.0360. The molecule has 2 rings (SSSR count). The molecule has 0 aromatic heterocycles. The van der Waals surface area contributed by atoms with Crippen LogP contribution in [0.1, 0.15) is 28.8 Å². The summed E-state index contributed by atoms with van der Waals surface area (Å²) in [6.07, 6.45) is 1.71. The van der Waals surface area contributed by atoms with Gasteiger partial charge in [0.05, 0.1) is 5.56 Å². The van der Waals surface area contributed by atoms with Gasteiger partial charge >= 0.3 is 0 Å². The third-order valence-electron chi connectivity index (χ3n) is 3.44. The smallest absolute Gasteiger partial charge is 0.257 e. The summed E-state index contributed by atoms with van der Waals surface area (Å²) in [5.41, 5.74) is 1.35. The van der Waals surface area contributed by atoms with Crippen LogP contribution in [-0.2, 0) is 4.74 Å². The van der Waals surface area contributed by atoms with E-state index in [1.165, 1.54) is 0 Å². The van der Waals surface area contributed by atoms with E-state index in [-0.39, 0.29) is 17.7 Å². The zero-order valence-electron chi connectivity index (χ0n) is 10.8. The fourth-order valence-electron chi connectivity index (χ4n) is 2.25. The maximum Gasteiger partial charge on any atom is 0.257 e. The molecule has 4 nitrogen and oxygen atoms in total. The van der Waals surface area contributed by atoms with Crippen molar-refractivity contribution < 1.29 is 14.6 Å². The first-order valence-corrected chi connectivity index (χ1v) is 6.24. The SMILES string of the molecule is Cc1ccc(O)c(C(=O)N(C)C2CCOCC2)c1. The van der Waals surface area contributed by atoms with E-state index in [4.69, 9.17) is 4.74 Å². The topological polar surface area (TPSA) is 49.8 Å². The zero-order valence-corrected chi connectivity index (χ0v) is 10.8. The average molecular weight is 249 g/mol. The van der Waals surface area contributed by atoms with Gasteiger partial charge in [-0.15, -0.1) is 0 Å². The van der Waals surface area contributed by atoms with Gasteiger partial charge in [-0.1, -0.05) is 11.6 Å². The summed E-state index contributed by atoms with van der Waals surface area (Å²) in [5.74, 6) is -0.0763. The van der Waals surface area contributed by atoms with Crippen molar-refractivity contribution in [1.82, 2.24) is 4.90 Å². The molecule has 18 heavy (non-hydrogen) atoms. The van der Waals surface area contributed by atoms with Crippen LogP contribution in [0.15, 0.2) is 18.2 Å². The lowest BCUT2D eigenvalue weighted by Gasteiger charge is -2.31. The highest BCUT2D eigenvalue weighted by atomic mass is 16.5. The summed E-state index contributed by atoms with van der Waals surface area (Å²) < 4.78 is 5.29. The summed E-state index contributed by atoms with van der Waals surface area (Å²) in [6, 6.07) is 5.29. The number of ether oxygens (including phenoxy) is 1. The van der Waals surface area contributed by atoms with Gasteiger partial charge in [-0.25, -0.2) is 0 Å². The molecule has 1 aliphatic rings. The number of carbonyl (C=O) groups is 1. The number of hydrogen-bond acceptors (Lipinski definition) is 3. The van der Waals surface area contributed by atoms with Crippen LogP contribution in [0.5, 0.6) is 5.75 Å². The van der Waals surface area contributed by atoms with Gasteiger partial charge < -0.3 is 14.7 Å². The molecule has 1 aromatic rings. The molecule has 1 fully saturated rings. The molecular formula is C14H19NO3. The Kier molecular flexibility index (Phi) is 3.87. The third-order valence-corrected chi connectivity index (χ3v) is 3.44. The van der Waals surface area contributed by atoms with E-state index in [1.54, 1.807) is 30.1 Å². The van der Waals surface area contributed by atoms with Crippen LogP contribution < -0.4 is 0 Å². The number of benzene rings is 1. The first kappa shape index (κ1) is 12.9. The Morgan fingerprint density at radius 2 is 2.06 bits per heavy atom. The van der Waals surface area contributed by atoms with E-state index in [0.717, 1.165) is 18.4 Å². The van der Waals surface area contributed by atoms with E-state index >= 15 is 0 Å². The number of aryl methyl sites for hydroxylation is 1. The van der Waals surface area contributed by atoms with Gasteiger partial charge in [-0.3, -0.25) is 4.79 Å². The molecule has 98 valence electrons. The number of amides is 1. The average Bonchev–Trinajstić information content (AvgIpc) is 2.41. The summed E-state index contributed by atoms with van der Waals surface area (Å²) in [5, 5.41) is 9.78. The molecule has 0 atom stereocenters. The first-order valence-electron chi connectivity index (χ1n) is 6.24. The predicted octanol–water partition coefficient (Wildman–Crippen LogP) is 1.95. The van der Waals surface area contributed by atoms with Gasteiger partial charge in [0.2, 0.25) is 0 Å². The number of aromatic hydroxyl groups is 1. The number of hydrogen-bond donors (Lipinski definition) is 1. The maximum absolute atomic E-state index is 12.3. The Morgan fingerprint density at radius 3 is 2.72 bits per heavy atom. The minimum absolute atomic E-state index is 0.0458. The van der Waals surface area contributed by atoms with E-state index in [1.807, 2.05) is 6.92 Å². The third kappa shape index (κ3) is 2.64. The molecule has 0 radical (unpaired) electrons. The molecule has 1 heterocycles. The van der Waals surface area contributed by atoms with Crippen molar-refractivity contribution in [2.75, 3.05) is 20.3 Å². The van der Waals surface area contributed by atoms with Gasteiger partial charge in [0.1, 0.15) is 5.75 Å². The molecule has 0 spiro atoms. The number of phenolic OH excluding ortho intramolecular Hbond substituents is 1. The van der Waals surface area contributed by atoms with Crippen LogP contribution in [0.2, 0.25) is 0 Å². The Hall–Kier alpha value is -1.55. The lowest BCUT2D eigenvalue weighted by Crippen LogP contribution is -2.40. The molecule has 1 saturated heterocycles. The van der Waals surface area contributed by atoms with Crippen molar-refractivity contribution in [1.29, 1.82) is 0 Å². The standard InChI is InChI=1S/C14H19NO3/c1-10-3-4-13(16)12(9-10)14(17)15(2)11-5-7-18-8-6-11/h3-4,9,11,16H,5-8H2,1-2H3.